The second-order valence-corrected chi connectivity index (χ2v) is 4.94. The molecule has 3 heteroatoms. The topological polar surface area (TPSA) is 64.7 Å². The molecule has 0 fully saturated rings. The molecular weight excluding hydrogens is 212 g/mol. The van der Waals surface area contributed by atoms with Crippen molar-refractivity contribution >= 4 is 5.78 Å². The molecular formula is C14H14N2O. The summed E-state index contributed by atoms with van der Waals surface area (Å²) >= 11 is 0. The van der Waals surface area contributed by atoms with Crippen molar-refractivity contribution in [3.63, 3.8) is 0 Å². The van der Waals surface area contributed by atoms with Gasteiger partial charge in [0.05, 0.1) is 17.6 Å². The van der Waals surface area contributed by atoms with Crippen LogP contribution in [-0.4, -0.2) is 5.78 Å². The van der Waals surface area contributed by atoms with E-state index in [2.05, 4.69) is 12.1 Å². The molecule has 86 valence electrons. The molecule has 0 radical (unpaired) electrons. The van der Waals surface area contributed by atoms with Crippen LogP contribution in [0.5, 0.6) is 0 Å². The minimum Gasteiger partial charge on any atom is -0.294 e. The average molecular weight is 226 g/mol. The minimum atomic E-state index is -1.15. The molecule has 17 heavy (non-hydrogen) atoms. The monoisotopic (exact) mass is 226 g/mol. The Balaban J connectivity index is 2.65. The zero-order chi connectivity index (χ0) is 12.5. The minimum absolute atomic E-state index is 0.0239. The molecule has 0 bridgehead atoms. The zero-order valence-electron chi connectivity index (χ0n) is 9.86. The lowest BCUT2D eigenvalue weighted by Crippen LogP contribution is -2.37. The first kappa shape index (κ1) is 11.6. The highest BCUT2D eigenvalue weighted by molar-refractivity contribution is 5.98. The number of hydrogen-bond acceptors (Lipinski definition) is 3. The summed E-state index contributed by atoms with van der Waals surface area (Å²) in [5.74, 6) is 0.0239. The Morgan fingerprint density at radius 3 is 2.71 bits per heavy atom. The van der Waals surface area contributed by atoms with Gasteiger partial charge in [0, 0.05) is 6.42 Å². The largest absolute Gasteiger partial charge is 0.294 e. The maximum absolute atomic E-state index is 12.1. The van der Waals surface area contributed by atoms with E-state index in [4.69, 9.17) is 0 Å². The Bertz CT molecular complexity index is 487. The zero-order valence-corrected chi connectivity index (χ0v) is 9.86. The molecule has 0 amide bonds. The first-order valence-electron chi connectivity index (χ1n) is 5.84. The van der Waals surface area contributed by atoms with Crippen LogP contribution in [-0.2, 0) is 4.79 Å². The highest BCUT2D eigenvalue weighted by atomic mass is 16.1. The van der Waals surface area contributed by atoms with Crippen LogP contribution in [0.25, 0.3) is 0 Å². The summed E-state index contributed by atoms with van der Waals surface area (Å²) in [6.07, 6.45) is 7.96. The Hall–Kier alpha value is -1.87. The number of hydrogen-bond donors (Lipinski definition) is 0. The normalized spacial score (nSPS) is 30.5. The number of carbonyl (C=O) groups excluding carboxylic acids is 1. The van der Waals surface area contributed by atoms with Crippen molar-refractivity contribution in [2.45, 2.75) is 32.6 Å². The first-order valence-corrected chi connectivity index (χ1v) is 5.84. The number of rotatable bonds is 0. The van der Waals surface area contributed by atoms with Crippen LogP contribution in [0.2, 0.25) is 0 Å². The second kappa shape index (κ2) is 3.86. The van der Waals surface area contributed by atoms with E-state index in [0.717, 1.165) is 24.8 Å². The predicted octanol–water partition coefficient (Wildman–Crippen LogP) is 2.67. The second-order valence-electron chi connectivity index (χ2n) is 4.94. The lowest BCUT2D eigenvalue weighted by molar-refractivity contribution is -0.122. The van der Waals surface area contributed by atoms with E-state index in [1.54, 1.807) is 6.08 Å². The van der Waals surface area contributed by atoms with E-state index in [1.165, 1.54) is 6.08 Å². The smallest absolute Gasteiger partial charge is 0.169 e. The van der Waals surface area contributed by atoms with Crippen LogP contribution >= 0.6 is 0 Å². The molecule has 0 aromatic rings. The third-order valence-corrected chi connectivity index (χ3v) is 3.90. The van der Waals surface area contributed by atoms with Crippen molar-refractivity contribution in [2.75, 3.05) is 0 Å². The standard InChI is InChI=1S/C14H14N2O/c1-13-7-3-2-5-11(13)14(9-15,10-16)8-4-6-12(13)17/h4-6H,2-3,7-8H2,1H3. The van der Waals surface area contributed by atoms with Crippen molar-refractivity contribution in [3.8, 4) is 12.1 Å². The summed E-state index contributed by atoms with van der Waals surface area (Å²) < 4.78 is 0. The van der Waals surface area contributed by atoms with Gasteiger partial charge in [-0.3, -0.25) is 4.79 Å². The summed E-state index contributed by atoms with van der Waals surface area (Å²) in [6.45, 7) is 1.86. The molecule has 3 nitrogen and oxygen atoms in total. The molecule has 0 heterocycles. The number of nitrogens with zero attached hydrogens (tertiary/aromatic N) is 2. The Morgan fingerprint density at radius 1 is 1.35 bits per heavy atom. The van der Waals surface area contributed by atoms with Crippen LogP contribution in [0, 0.1) is 33.5 Å². The third kappa shape index (κ3) is 1.51. The van der Waals surface area contributed by atoms with E-state index in [-0.39, 0.29) is 5.78 Å². The number of nitriles is 2. The molecule has 0 saturated heterocycles. The van der Waals surface area contributed by atoms with E-state index >= 15 is 0 Å². The Kier molecular flexibility index (Phi) is 2.63. The van der Waals surface area contributed by atoms with E-state index in [9.17, 15) is 15.3 Å². The van der Waals surface area contributed by atoms with Gasteiger partial charge in [0.2, 0.25) is 0 Å². The fourth-order valence-corrected chi connectivity index (χ4v) is 2.84. The number of ketones is 1. The third-order valence-electron chi connectivity index (χ3n) is 3.90. The molecule has 0 N–H and O–H groups in total. The summed E-state index contributed by atoms with van der Waals surface area (Å²) in [6, 6.07) is 4.24. The Labute approximate surface area is 101 Å². The van der Waals surface area contributed by atoms with E-state index < -0.39 is 10.8 Å². The molecule has 0 spiro atoms. The summed E-state index contributed by atoms with van der Waals surface area (Å²) in [5, 5.41) is 18.7. The van der Waals surface area contributed by atoms with Gasteiger partial charge in [-0.05, 0) is 37.8 Å². The predicted molar refractivity (Wildman–Crippen MR) is 62.5 cm³/mol. The van der Waals surface area contributed by atoms with Gasteiger partial charge in [-0.25, -0.2) is 0 Å². The van der Waals surface area contributed by atoms with Gasteiger partial charge >= 0.3 is 0 Å². The van der Waals surface area contributed by atoms with Crippen LogP contribution < -0.4 is 0 Å². The van der Waals surface area contributed by atoms with Crippen LogP contribution in [0.15, 0.2) is 23.8 Å². The van der Waals surface area contributed by atoms with Crippen molar-refractivity contribution in [2.24, 2.45) is 10.8 Å². The lowest BCUT2D eigenvalue weighted by atomic mass is 9.62. The summed E-state index contributed by atoms with van der Waals surface area (Å²) in [4.78, 5) is 12.1. The van der Waals surface area contributed by atoms with Gasteiger partial charge in [0.25, 0.3) is 0 Å². The maximum Gasteiger partial charge on any atom is 0.169 e. The van der Waals surface area contributed by atoms with Gasteiger partial charge in [0.1, 0.15) is 0 Å². The van der Waals surface area contributed by atoms with Gasteiger partial charge in [-0.1, -0.05) is 12.2 Å². The highest BCUT2D eigenvalue weighted by Crippen LogP contribution is 2.50. The molecule has 0 saturated carbocycles. The summed E-state index contributed by atoms with van der Waals surface area (Å²) in [7, 11) is 0. The quantitative estimate of drug-likeness (QED) is 0.596. The fourth-order valence-electron chi connectivity index (χ4n) is 2.84. The molecule has 1 atom stereocenters. The number of allylic oxidation sites excluding steroid dienone is 4. The molecule has 2 aliphatic rings. The fraction of sp³-hybridized carbons (Fsp3) is 0.500. The maximum atomic E-state index is 12.1. The lowest BCUT2D eigenvalue weighted by Gasteiger charge is -2.37. The first-order chi connectivity index (χ1) is 8.09. The SMILES string of the molecule is CC12CCCC=C1C(C#N)(C#N)CC=CC2=O. The van der Waals surface area contributed by atoms with Gasteiger partial charge in [-0.2, -0.15) is 10.5 Å². The van der Waals surface area contributed by atoms with Crippen molar-refractivity contribution in [1.82, 2.24) is 0 Å². The van der Waals surface area contributed by atoms with Gasteiger partial charge in [-0.15, -0.1) is 0 Å². The van der Waals surface area contributed by atoms with Gasteiger partial charge < -0.3 is 0 Å². The van der Waals surface area contributed by atoms with Crippen molar-refractivity contribution in [3.05, 3.63) is 23.8 Å². The Morgan fingerprint density at radius 2 is 2.06 bits per heavy atom. The van der Waals surface area contributed by atoms with Crippen LogP contribution in [0.3, 0.4) is 0 Å². The van der Waals surface area contributed by atoms with Crippen molar-refractivity contribution < 1.29 is 4.79 Å². The molecule has 2 rings (SSSR count). The van der Waals surface area contributed by atoms with E-state index in [1.807, 2.05) is 13.0 Å². The summed E-state index contributed by atoms with van der Waals surface area (Å²) in [5.41, 5.74) is -1.09. The molecule has 1 unspecified atom stereocenters. The highest BCUT2D eigenvalue weighted by Gasteiger charge is 2.49. The number of carbonyl (C=O) groups is 1. The van der Waals surface area contributed by atoms with Crippen molar-refractivity contribution in [1.29, 1.82) is 10.5 Å². The number of fused-ring (bicyclic) bond motifs is 1. The van der Waals surface area contributed by atoms with E-state index in [0.29, 0.717) is 6.42 Å². The molecule has 0 aromatic carbocycles. The van der Waals surface area contributed by atoms with Crippen LogP contribution in [0.1, 0.15) is 32.6 Å². The van der Waals surface area contributed by atoms with Gasteiger partial charge in [0.15, 0.2) is 11.2 Å². The average Bonchev–Trinajstić information content (AvgIpc) is 2.46. The van der Waals surface area contributed by atoms with Crippen LogP contribution in [0.4, 0.5) is 0 Å². The molecule has 0 aromatic heterocycles. The molecule has 2 aliphatic carbocycles. The molecule has 0 aliphatic heterocycles.